The molecule has 2 aliphatic heterocycles. The number of nitrogens with zero attached hydrogens (tertiary/aromatic N) is 4. The minimum Gasteiger partial charge on any atom is -0.353 e. The van der Waals surface area contributed by atoms with E-state index in [0.29, 0.717) is 36.7 Å². The van der Waals surface area contributed by atoms with Crippen LogP contribution < -0.4 is 15.6 Å². The summed E-state index contributed by atoms with van der Waals surface area (Å²) in [5.74, 6) is -0.532. The Labute approximate surface area is 199 Å². The molecule has 0 aliphatic carbocycles. The van der Waals surface area contributed by atoms with Crippen LogP contribution in [0.15, 0.2) is 35.1 Å². The number of carbonyl (C=O) groups excluding carboxylic acids is 1. The molecule has 1 N–H and O–H groups in total. The Hall–Kier alpha value is -3.04. The highest BCUT2D eigenvalue weighted by Crippen LogP contribution is 2.33. The molecule has 2 aliphatic rings. The molecule has 0 saturated carbocycles. The monoisotopic (exact) mass is 479 g/mol. The number of hydrogen-bond donors (Lipinski definition) is 1. The Kier molecular flexibility index (Phi) is 5.45. The third-order valence-corrected chi connectivity index (χ3v) is 7.99. The molecular weight excluding hydrogens is 453 g/mol. The molecule has 0 radical (unpaired) electrons. The third kappa shape index (κ3) is 3.45. The summed E-state index contributed by atoms with van der Waals surface area (Å²) in [5.41, 5.74) is 0.958. The van der Waals surface area contributed by atoms with Crippen molar-refractivity contribution in [3.8, 4) is 0 Å². The van der Waals surface area contributed by atoms with E-state index in [9.17, 15) is 9.59 Å². The lowest BCUT2D eigenvalue weighted by atomic mass is 10.1. The maximum atomic E-state index is 15.4. The molecule has 3 aromatic heterocycles. The predicted octanol–water partition coefficient (Wildman–Crippen LogP) is 3.63. The second kappa shape index (κ2) is 8.63. The number of anilines is 1. The molecule has 176 valence electrons. The maximum Gasteiger partial charge on any atom is 0.260 e. The van der Waals surface area contributed by atoms with Crippen molar-refractivity contribution in [2.24, 2.45) is 0 Å². The van der Waals surface area contributed by atoms with Crippen LogP contribution in [-0.2, 0) is 0 Å². The number of halogens is 1. The number of rotatable bonds is 2. The molecule has 7 nitrogen and oxygen atoms in total. The molecule has 2 saturated heterocycles. The number of para-hydroxylation sites is 1. The smallest absolute Gasteiger partial charge is 0.260 e. The second-order valence-corrected chi connectivity index (χ2v) is 10.1. The minimum absolute atomic E-state index is 0.128. The number of amides is 1. The number of pyridine rings is 2. The van der Waals surface area contributed by atoms with Crippen LogP contribution in [0.5, 0.6) is 0 Å². The summed E-state index contributed by atoms with van der Waals surface area (Å²) in [5, 5.41) is 3.47. The zero-order chi connectivity index (χ0) is 23.2. The topological polar surface area (TPSA) is 70.0 Å². The summed E-state index contributed by atoms with van der Waals surface area (Å²) in [6.45, 7) is 4.25. The van der Waals surface area contributed by atoms with E-state index in [4.69, 9.17) is 4.98 Å². The molecule has 5 heterocycles. The van der Waals surface area contributed by atoms with Gasteiger partial charge in [0.25, 0.3) is 5.91 Å². The van der Waals surface area contributed by atoms with Crippen LogP contribution in [0.4, 0.5) is 10.2 Å². The number of hydrogen-bond acceptors (Lipinski definition) is 6. The van der Waals surface area contributed by atoms with Crippen molar-refractivity contribution in [3.05, 3.63) is 51.9 Å². The first-order valence-corrected chi connectivity index (χ1v) is 12.8. The Morgan fingerprint density at radius 1 is 1.03 bits per heavy atom. The molecule has 1 amide bonds. The van der Waals surface area contributed by atoms with E-state index in [2.05, 4.69) is 5.32 Å². The van der Waals surface area contributed by atoms with Crippen molar-refractivity contribution in [2.75, 3.05) is 44.2 Å². The summed E-state index contributed by atoms with van der Waals surface area (Å²) < 4.78 is 18.2. The number of piperidine rings is 1. The van der Waals surface area contributed by atoms with Crippen LogP contribution in [0.25, 0.3) is 26.1 Å². The average Bonchev–Trinajstić information content (AvgIpc) is 3.03. The molecule has 0 unspecified atom stereocenters. The lowest BCUT2D eigenvalue weighted by Gasteiger charge is -2.27. The summed E-state index contributed by atoms with van der Waals surface area (Å²) in [6, 6.07) is 9.08. The van der Waals surface area contributed by atoms with Gasteiger partial charge in [0.05, 0.1) is 15.6 Å². The van der Waals surface area contributed by atoms with E-state index < -0.39 is 11.2 Å². The molecule has 0 spiro atoms. The third-order valence-electron chi connectivity index (χ3n) is 6.85. The second-order valence-electron chi connectivity index (χ2n) is 9.02. The van der Waals surface area contributed by atoms with E-state index >= 15 is 4.39 Å². The fraction of sp³-hybridized carbons (Fsp3) is 0.400. The van der Waals surface area contributed by atoms with Crippen LogP contribution in [-0.4, -0.2) is 59.5 Å². The molecule has 0 bridgehead atoms. The number of fused-ring (bicyclic) bond motifs is 5. The van der Waals surface area contributed by atoms with Gasteiger partial charge in [-0.25, -0.2) is 9.37 Å². The van der Waals surface area contributed by atoms with E-state index in [-0.39, 0.29) is 22.7 Å². The number of nitrogens with one attached hydrogen (secondary N) is 1. The fourth-order valence-corrected chi connectivity index (χ4v) is 6.30. The lowest BCUT2D eigenvalue weighted by molar-refractivity contribution is 0.0725. The standard InChI is InChI=1S/C25H26FN5O2S/c26-17-15-16-21(32)20(24(33)30-11-4-1-5-12-30)25-31(18-7-2-3-8-19(18)34-25)22(16)28-23(17)29-13-6-9-27-10-14-29/h2-3,7-8,15,27H,1,4-6,9-14H2. The highest BCUT2D eigenvalue weighted by Gasteiger charge is 2.28. The normalized spacial score (nSPS) is 17.6. The lowest BCUT2D eigenvalue weighted by Crippen LogP contribution is -2.38. The number of benzene rings is 1. The fourth-order valence-electron chi connectivity index (χ4n) is 5.12. The van der Waals surface area contributed by atoms with Gasteiger partial charge in [0.15, 0.2) is 17.3 Å². The van der Waals surface area contributed by atoms with Crippen molar-refractivity contribution >= 4 is 49.1 Å². The number of aromatic nitrogens is 2. The van der Waals surface area contributed by atoms with Crippen LogP contribution in [0, 0.1) is 5.82 Å². The molecule has 6 rings (SSSR count). The Bertz CT molecular complexity index is 1470. The number of thiazole rings is 1. The molecule has 1 aromatic carbocycles. The van der Waals surface area contributed by atoms with Crippen molar-refractivity contribution in [2.45, 2.75) is 25.7 Å². The van der Waals surface area contributed by atoms with Crippen LogP contribution >= 0.6 is 11.3 Å². The molecule has 4 aromatic rings. The molecular formula is C25H26FN5O2S. The quantitative estimate of drug-likeness (QED) is 0.476. The SMILES string of the molecule is O=C(c1c(=O)c2cc(F)c(N3CCCNCC3)nc2n2c1sc1ccccc12)N1CCCCC1. The summed E-state index contributed by atoms with van der Waals surface area (Å²) in [4.78, 5) is 36.3. The van der Waals surface area contributed by atoms with Gasteiger partial charge in [-0.1, -0.05) is 12.1 Å². The van der Waals surface area contributed by atoms with Gasteiger partial charge in [-0.05, 0) is 50.4 Å². The van der Waals surface area contributed by atoms with Gasteiger partial charge in [0.2, 0.25) is 5.43 Å². The van der Waals surface area contributed by atoms with Gasteiger partial charge in [0, 0.05) is 32.7 Å². The van der Waals surface area contributed by atoms with Crippen molar-refractivity contribution < 1.29 is 9.18 Å². The van der Waals surface area contributed by atoms with Gasteiger partial charge < -0.3 is 15.1 Å². The highest BCUT2D eigenvalue weighted by molar-refractivity contribution is 7.24. The number of carbonyl (C=O) groups is 1. The predicted molar refractivity (Wildman–Crippen MR) is 134 cm³/mol. The van der Waals surface area contributed by atoms with E-state index in [0.717, 1.165) is 49.0 Å². The minimum atomic E-state index is -0.526. The Morgan fingerprint density at radius 3 is 2.71 bits per heavy atom. The van der Waals surface area contributed by atoms with E-state index in [1.165, 1.54) is 17.4 Å². The zero-order valence-corrected chi connectivity index (χ0v) is 19.7. The van der Waals surface area contributed by atoms with Crippen LogP contribution in [0.3, 0.4) is 0 Å². The molecule has 2 fully saturated rings. The summed E-state index contributed by atoms with van der Waals surface area (Å²) >= 11 is 1.42. The maximum absolute atomic E-state index is 15.4. The summed E-state index contributed by atoms with van der Waals surface area (Å²) in [6.07, 6.45) is 3.84. The van der Waals surface area contributed by atoms with Gasteiger partial charge in [0.1, 0.15) is 10.4 Å². The van der Waals surface area contributed by atoms with Gasteiger partial charge in [-0.3, -0.25) is 14.0 Å². The van der Waals surface area contributed by atoms with Crippen LogP contribution in [0.1, 0.15) is 36.0 Å². The van der Waals surface area contributed by atoms with Crippen molar-refractivity contribution in [1.29, 1.82) is 0 Å². The van der Waals surface area contributed by atoms with Crippen molar-refractivity contribution in [3.63, 3.8) is 0 Å². The Balaban J connectivity index is 1.65. The molecule has 9 heteroatoms. The largest absolute Gasteiger partial charge is 0.353 e. The van der Waals surface area contributed by atoms with E-state index in [1.807, 2.05) is 33.6 Å². The first-order chi connectivity index (χ1) is 16.6. The van der Waals surface area contributed by atoms with Gasteiger partial charge >= 0.3 is 0 Å². The van der Waals surface area contributed by atoms with Crippen molar-refractivity contribution in [1.82, 2.24) is 19.6 Å². The van der Waals surface area contributed by atoms with Crippen LogP contribution in [0.2, 0.25) is 0 Å². The van der Waals surface area contributed by atoms with E-state index in [1.54, 1.807) is 4.90 Å². The van der Waals surface area contributed by atoms with Gasteiger partial charge in [-0.15, -0.1) is 11.3 Å². The molecule has 34 heavy (non-hydrogen) atoms. The molecule has 0 atom stereocenters. The zero-order valence-electron chi connectivity index (χ0n) is 18.8. The number of likely N-dealkylation sites (tertiary alicyclic amines) is 1. The highest BCUT2D eigenvalue weighted by atomic mass is 32.1. The Morgan fingerprint density at radius 2 is 1.85 bits per heavy atom. The first-order valence-electron chi connectivity index (χ1n) is 11.9. The first kappa shape index (κ1) is 21.5. The summed E-state index contributed by atoms with van der Waals surface area (Å²) in [7, 11) is 0. The van der Waals surface area contributed by atoms with Gasteiger partial charge in [-0.2, -0.15) is 0 Å². The average molecular weight is 480 g/mol.